The summed E-state index contributed by atoms with van der Waals surface area (Å²) in [5.41, 5.74) is 2.12. The highest BCUT2D eigenvalue weighted by Crippen LogP contribution is 2.31. The molecule has 4 nitrogen and oxygen atoms in total. The second kappa shape index (κ2) is 5.47. The Hall–Kier alpha value is -2.51. The molecule has 0 saturated carbocycles. The number of nitrogens with zero attached hydrogens (tertiary/aromatic N) is 1. The minimum Gasteiger partial charge on any atom is -0.480 e. The van der Waals surface area contributed by atoms with Gasteiger partial charge < -0.3 is 10.1 Å². The van der Waals surface area contributed by atoms with Crippen molar-refractivity contribution in [2.24, 2.45) is 0 Å². The number of carbonyl (C=O) groups is 1. The SMILES string of the molecule is N#Cc1ccc(NC(=O)C2Cc3cc(Cl)ccc3O2)cc1. The van der Waals surface area contributed by atoms with Crippen LogP contribution in [0, 0.1) is 11.3 Å². The molecule has 21 heavy (non-hydrogen) atoms. The Morgan fingerprint density at radius 2 is 2.05 bits per heavy atom. The number of anilines is 1. The monoisotopic (exact) mass is 298 g/mol. The molecule has 1 unspecified atom stereocenters. The van der Waals surface area contributed by atoms with Crippen LogP contribution in [-0.2, 0) is 11.2 Å². The van der Waals surface area contributed by atoms with Crippen molar-refractivity contribution in [3.05, 3.63) is 58.6 Å². The summed E-state index contributed by atoms with van der Waals surface area (Å²) >= 11 is 5.93. The van der Waals surface area contributed by atoms with Gasteiger partial charge in [-0.3, -0.25) is 4.79 Å². The highest BCUT2D eigenvalue weighted by molar-refractivity contribution is 6.30. The third-order valence-electron chi connectivity index (χ3n) is 3.27. The summed E-state index contributed by atoms with van der Waals surface area (Å²) in [7, 11) is 0. The number of hydrogen-bond donors (Lipinski definition) is 1. The Labute approximate surface area is 126 Å². The number of hydrogen-bond acceptors (Lipinski definition) is 3. The van der Waals surface area contributed by atoms with Gasteiger partial charge in [-0.1, -0.05) is 11.6 Å². The van der Waals surface area contributed by atoms with Crippen molar-refractivity contribution in [1.29, 1.82) is 5.26 Å². The van der Waals surface area contributed by atoms with Gasteiger partial charge in [0.1, 0.15) is 5.75 Å². The van der Waals surface area contributed by atoms with Gasteiger partial charge in [0, 0.05) is 17.1 Å². The minimum absolute atomic E-state index is 0.216. The molecular weight excluding hydrogens is 288 g/mol. The number of benzene rings is 2. The molecule has 0 aromatic heterocycles. The van der Waals surface area contributed by atoms with Gasteiger partial charge in [-0.15, -0.1) is 0 Å². The molecule has 2 aromatic carbocycles. The molecule has 1 aliphatic heterocycles. The number of rotatable bonds is 2. The molecular formula is C16H11ClN2O2. The standard InChI is InChI=1S/C16H11ClN2O2/c17-12-3-6-14-11(7-12)8-15(21-14)16(20)19-13-4-1-10(9-18)2-5-13/h1-7,15H,8H2,(H,19,20). The van der Waals surface area contributed by atoms with Gasteiger partial charge in [0.25, 0.3) is 5.91 Å². The third kappa shape index (κ3) is 2.83. The van der Waals surface area contributed by atoms with E-state index in [9.17, 15) is 4.79 Å². The van der Waals surface area contributed by atoms with E-state index in [0.29, 0.717) is 28.4 Å². The average molecular weight is 299 g/mol. The van der Waals surface area contributed by atoms with Gasteiger partial charge in [0.2, 0.25) is 0 Å². The van der Waals surface area contributed by atoms with E-state index in [1.807, 2.05) is 12.1 Å². The van der Waals surface area contributed by atoms with Gasteiger partial charge in [-0.2, -0.15) is 5.26 Å². The molecule has 1 amide bonds. The topological polar surface area (TPSA) is 62.1 Å². The fourth-order valence-corrected chi connectivity index (χ4v) is 2.41. The zero-order valence-electron chi connectivity index (χ0n) is 11.0. The Bertz CT molecular complexity index is 735. The first-order chi connectivity index (χ1) is 10.2. The molecule has 0 radical (unpaired) electrons. The molecule has 5 heteroatoms. The lowest BCUT2D eigenvalue weighted by molar-refractivity contribution is -0.122. The van der Waals surface area contributed by atoms with Crippen molar-refractivity contribution in [2.45, 2.75) is 12.5 Å². The normalized spacial score (nSPS) is 15.7. The maximum atomic E-state index is 12.2. The molecule has 0 saturated heterocycles. The van der Waals surface area contributed by atoms with Crippen LogP contribution in [0.15, 0.2) is 42.5 Å². The number of ether oxygens (including phenoxy) is 1. The van der Waals surface area contributed by atoms with E-state index in [2.05, 4.69) is 5.32 Å². The Morgan fingerprint density at radius 1 is 1.29 bits per heavy atom. The van der Waals surface area contributed by atoms with E-state index < -0.39 is 6.10 Å². The summed E-state index contributed by atoms with van der Waals surface area (Å²) in [6.07, 6.45) is -0.0630. The fraction of sp³-hybridized carbons (Fsp3) is 0.125. The second-order valence-corrected chi connectivity index (χ2v) is 5.18. The zero-order valence-corrected chi connectivity index (χ0v) is 11.7. The lowest BCUT2D eigenvalue weighted by atomic mass is 10.1. The predicted octanol–water partition coefficient (Wildman–Crippen LogP) is 3.15. The summed E-state index contributed by atoms with van der Waals surface area (Å²) in [5.74, 6) is 0.478. The van der Waals surface area contributed by atoms with Crippen LogP contribution in [0.4, 0.5) is 5.69 Å². The van der Waals surface area contributed by atoms with Crippen LogP contribution in [0.2, 0.25) is 5.02 Å². The maximum absolute atomic E-state index is 12.2. The molecule has 2 aromatic rings. The van der Waals surface area contributed by atoms with Gasteiger partial charge in [-0.05, 0) is 48.0 Å². The van der Waals surface area contributed by atoms with Crippen LogP contribution in [0.1, 0.15) is 11.1 Å². The Balaban J connectivity index is 1.68. The number of fused-ring (bicyclic) bond motifs is 1. The van der Waals surface area contributed by atoms with Crippen molar-refractivity contribution in [3.8, 4) is 11.8 Å². The largest absolute Gasteiger partial charge is 0.480 e. The second-order valence-electron chi connectivity index (χ2n) is 4.74. The molecule has 0 bridgehead atoms. The van der Waals surface area contributed by atoms with E-state index >= 15 is 0 Å². The molecule has 0 fully saturated rings. The van der Waals surface area contributed by atoms with E-state index in [1.54, 1.807) is 36.4 Å². The third-order valence-corrected chi connectivity index (χ3v) is 3.51. The lowest BCUT2D eigenvalue weighted by Gasteiger charge is -2.11. The molecule has 104 valence electrons. The zero-order chi connectivity index (χ0) is 14.8. The first-order valence-electron chi connectivity index (χ1n) is 6.42. The van der Waals surface area contributed by atoms with Crippen LogP contribution >= 0.6 is 11.6 Å². The average Bonchev–Trinajstić information content (AvgIpc) is 2.91. The highest BCUT2D eigenvalue weighted by Gasteiger charge is 2.29. The van der Waals surface area contributed by atoms with Gasteiger partial charge in [0.15, 0.2) is 6.10 Å². The molecule has 1 atom stereocenters. The van der Waals surface area contributed by atoms with Crippen molar-refractivity contribution in [3.63, 3.8) is 0 Å². The fourth-order valence-electron chi connectivity index (χ4n) is 2.21. The Morgan fingerprint density at radius 3 is 2.76 bits per heavy atom. The van der Waals surface area contributed by atoms with Crippen LogP contribution in [0.5, 0.6) is 5.75 Å². The van der Waals surface area contributed by atoms with Gasteiger partial charge in [0.05, 0.1) is 11.6 Å². The molecule has 3 rings (SSSR count). The summed E-state index contributed by atoms with van der Waals surface area (Å²) in [6.45, 7) is 0. The highest BCUT2D eigenvalue weighted by atomic mass is 35.5. The summed E-state index contributed by atoms with van der Waals surface area (Å²) in [4.78, 5) is 12.2. The summed E-state index contributed by atoms with van der Waals surface area (Å²) in [5, 5.41) is 12.1. The number of nitrogens with one attached hydrogen (secondary N) is 1. The van der Waals surface area contributed by atoms with Crippen LogP contribution in [0.25, 0.3) is 0 Å². The van der Waals surface area contributed by atoms with E-state index in [-0.39, 0.29) is 5.91 Å². The molecule has 1 N–H and O–H groups in total. The lowest BCUT2D eigenvalue weighted by Crippen LogP contribution is -2.31. The minimum atomic E-state index is -0.561. The maximum Gasteiger partial charge on any atom is 0.265 e. The molecule has 1 heterocycles. The van der Waals surface area contributed by atoms with Gasteiger partial charge >= 0.3 is 0 Å². The smallest absolute Gasteiger partial charge is 0.265 e. The molecule has 1 aliphatic rings. The molecule has 0 spiro atoms. The van der Waals surface area contributed by atoms with E-state index in [4.69, 9.17) is 21.6 Å². The molecule has 0 aliphatic carbocycles. The number of amides is 1. The number of halogens is 1. The first-order valence-corrected chi connectivity index (χ1v) is 6.79. The number of nitriles is 1. The van der Waals surface area contributed by atoms with Crippen molar-refractivity contribution < 1.29 is 9.53 Å². The Kier molecular flexibility index (Phi) is 3.51. The van der Waals surface area contributed by atoms with Crippen LogP contribution < -0.4 is 10.1 Å². The van der Waals surface area contributed by atoms with Crippen molar-refractivity contribution in [2.75, 3.05) is 5.32 Å². The van der Waals surface area contributed by atoms with E-state index in [0.717, 1.165) is 5.56 Å². The van der Waals surface area contributed by atoms with Crippen molar-refractivity contribution in [1.82, 2.24) is 0 Å². The van der Waals surface area contributed by atoms with Crippen LogP contribution in [-0.4, -0.2) is 12.0 Å². The van der Waals surface area contributed by atoms with Crippen LogP contribution in [0.3, 0.4) is 0 Å². The number of carbonyl (C=O) groups excluding carboxylic acids is 1. The quantitative estimate of drug-likeness (QED) is 0.926. The summed E-state index contributed by atoms with van der Waals surface area (Å²) in [6, 6.07) is 14.0. The predicted molar refractivity (Wildman–Crippen MR) is 79.4 cm³/mol. The van der Waals surface area contributed by atoms with Gasteiger partial charge in [-0.25, -0.2) is 0 Å². The summed E-state index contributed by atoms with van der Waals surface area (Å²) < 4.78 is 5.62. The van der Waals surface area contributed by atoms with E-state index in [1.165, 1.54) is 0 Å². The first kappa shape index (κ1) is 13.5. The van der Waals surface area contributed by atoms with Crippen molar-refractivity contribution >= 4 is 23.2 Å².